The van der Waals surface area contributed by atoms with Crippen molar-refractivity contribution >= 4 is 23.2 Å². The van der Waals surface area contributed by atoms with Crippen molar-refractivity contribution in [2.75, 3.05) is 31.9 Å². The fourth-order valence-corrected chi connectivity index (χ4v) is 3.41. The second-order valence-electron chi connectivity index (χ2n) is 5.67. The molecule has 0 saturated carbocycles. The molecule has 1 aromatic carbocycles. The molecule has 108 valence electrons. The summed E-state index contributed by atoms with van der Waals surface area (Å²) in [7, 11) is 0. The van der Waals surface area contributed by atoms with Crippen LogP contribution in [0.4, 0.5) is 5.69 Å². The Kier molecular flexibility index (Phi) is 3.85. The maximum Gasteiger partial charge on any atom is 0.253 e. The third kappa shape index (κ3) is 2.63. The van der Waals surface area contributed by atoms with E-state index in [9.17, 15) is 4.79 Å². The number of amides is 1. The Labute approximate surface area is 124 Å². The van der Waals surface area contributed by atoms with Gasteiger partial charge in [0, 0.05) is 31.2 Å². The van der Waals surface area contributed by atoms with Crippen molar-refractivity contribution in [2.45, 2.75) is 25.3 Å². The van der Waals surface area contributed by atoms with Crippen LogP contribution in [-0.2, 0) is 0 Å². The van der Waals surface area contributed by atoms with Crippen molar-refractivity contribution in [1.82, 2.24) is 9.80 Å². The van der Waals surface area contributed by atoms with Crippen molar-refractivity contribution in [3.8, 4) is 0 Å². The van der Waals surface area contributed by atoms with E-state index in [4.69, 9.17) is 17.3 Å². The van der Waals surface area contributed by atoms with Crippen LogP contribution in [0.25, 0.3) is 0 Å². The highest BCUT2D eigenvalue weighted by Crippen LogP contribution is 2.24. The number of hydrogen-bond donors (Lipinski definition) is 1. The summed E-state index contributed by atoms with van der Waals surface area (Å²) in [4.78, 5) is 17.1. The molecular formula is C15H20ClN3O. The first-order valence-electron chi connectivity index (χ1n) is 7.23. The highest BCUT2D eigenvalue weighted by atomic mass is 35.5. The van der Waals surface area contributed by atoms with E-state index in [1.54, 1.807) is 18.2 Å². The first-order chi connectivity index (χ1) is 9.65. The number of hydrogen-bond acceptors (Lipinski definition) is 3. The molecule has 0 spiro atoms. The van der Waals surface area contributed by atoms with Gasteiger partial charge in [0.05, 0.1) is 10.7 Å². The van der Waals surface area contributed by atoms with E-state index >= 15 is 0 Å². The van der Waals surface area contributed by atoms with E-state index in [1.165, 1.54) is 19.4 Å². The monoisotopic (exact) mass is 293 g/mol. The quantitative estimate of drug-likeness (QED) is 0.808. The fraction of sp³-hybridized carbons (Fsp3) is 0.533. The molecule has 20 heavy (non-hydrogen) atoms. The van der Waals surface area contributed by atoms with Gasteiger partial charge in [0.25, 0.3) is 5.91 Å². The fourth-order valence-electron chi connectivity index (χ4n) is 3.23. The number of nitrogens with two attached hydrogens (primary N) is 1. The summed E-state index contributed by atoms with van der Waals surface area (Å²) in [5, 5.41) is 0.452. The van der Waals surface area contributed by atoms with Crippen LogP contribution in [0, 0.1) is 0 Å². The van der Waals surface area contributed by atoms with Gasteiger partial charge in [-0.1, -0.05) is 11.6 Å². The minimum absolute atomic E-state index is 0.0700. The van der Waals surface area contributed by atoms with Gasteiger partial charge in [0.15, 0.2) is 0 Å². The van der Waals surface area contributed by atoms with Gasteiger partial charge in [-0.3, -0.25) is 9.69 Å². The number of carbonyl (C=O) groups is 1. The highest BCUT2D eigenvalue weighted by Gasteiger charge is 2.30. The van der Waals surface area contributed by atoms with Crippen molar-refractivity contribution < 1.29 is 4.79 Å². The van der Waals surface area contributed by atoms with Crippen molar-refractivity contribution in [3.05, 3.63) is 28.8 Å². The predicted octanol–water partition coefficient (Wildman–Crippen LogP) is 2.23. The van der Waals surface area contributed by atoms with E-state index in [0.717, 1.165) is 26.1 Å². The molecule has 0 aliphatic carbocycles. The molecule has 0 aromatic heterocycles. The van der Waals surface area contributed by atoms with Crippen LogP contribution in [0.2, 0.25) is 5.02 Å². The Morgan fingerprint density at radius 3 is 2.85 bits per heavy atom. The lowest BCUT2D eigenvalue weighted by Gasteiger charge is -2.25. The zero-order valence-corrected chi connectivity index (χ0v) is 12.3. The maximum atomic E-state index is 12.6. The second-order valence-corrected chi connectivity index (χ2v) is 6.08. The molecule has 0 bridgehead atoms. The average molecular weight is 294 g/mol. The number of rotatable bonds is 1. The molecule has 2 fully saturated rings. The van der Waals surface area contributed by atoms with E-state index in [1.807, 2.05) is 4.90 Å². The number of fused-ring (bicyclic) bond motifs is 1. The predicted molar refractivity (Wildman–Crippen MR) is 81.0 cm³/mol. The summed E-state index contributed by atoms with van der Waals surface area (Å²) < 4.78 is 0. The minimum Gasteiger partial charge on any atom is -0.398 e. The Bertz CT molecular complexity index is 520. The number of nitrogen functional groups attached to an aromatic ring is 1. The lowest BCUT2D eigenvalue weighted by Crippen LogP contribution is -2.39. The average Bonchev–Trinajstić information content (AvgIpc) is 2.78. The molecule has 3 rings (SSSR count). The van der Waals surface area contributed by atoms with Crippen LogP contribution in [0.5, 0.6) is 0 Å². The molecule has 2 heterocycles. The van der Waals surface area contributed by atoms with Crippen LogP contribution in [0.1, 0.15) is 29.6 Å². The molecule has 2 aliphatic heterocycles. The summed E-state index contributed by atoms with van der Waals surface area (Å²) in [6, 6.07) is 5.68. The smallest absolute Gasteiger partial charge is 0.253 e. The maximum absolute atomic E-state index is 12.6. The molecule has 1 aromatic rings. The van der Waals surface area contributed by atoms with Gasteiger partial charge in [0.2, 0.25) is 0 Å². The summed E-state index contributed by atoms with van der Waals surface area (Å²) in [6.07, 6.45) is 3.50. The third-order valence-electron chi connectivity index (χ3n) is 4.34. The SMILES string of the molecule is Nc1ccc(C(=O)N2CCCN3CCCC3C2)cc1Cl. The van der Waals surface area contributed by atoms with Crippen LogP contribution >= 0.6 is 11.6 Å². The molecule has 1 atom stereocenters. The van der Waals surface area contributed by atoms with Crippen LogP contribution in [-0.4, -0.2) is 47.9 Å². The number of halogens is 1. The van der Waals surface area contributed by atoms with Gasteiger partial charge in [-0.15, -0.1) is 0 Å². The molecule has 2 saturated heterocycles. The van der Waals surface area contributed by atoms with E-state index in [2.05, 4.69) is 4.90 Å². The number of nitrogens with zero attached hydrogens (tertiary/aromatic N) is 2. The molecule has 4 nitrogen and oxygen atoms in total. The second kappa shape index (κ2) is 5.62. The van der Waals surface area contributed by atoms with Crippen molar-refractivity contribution in [1.29, 1.82) is 0 Å². The van der Waals surface area contributed by atoms with Crippen LogP contribution < -0.4 is 5.73 Å². The summed E-state index contributed by atoms with van der Waals surface area (Å²) in [6.45, 7) is 3.95. The lowest BCUT2D eigenvalue weighted by atomic mass is 10.1. The van der Waals surface area contributed by atoms with Crippen molar-refractivity contribution in [3.63, 3.8) is 0 Å². The molecule has 1 amide bonds. The minimum atomic E-state index is 0.0700. The topological polar surface area (TPSA) is 49.6 Å². The normalized spacial score (nSPS) is 23.4. The van der Waals surface area contributed by atoms with Gasteiger partial charge >= 0.3 is 0 Å². The van der Waals surface area contributed by atoms with Gasteiger partial charge in [-0.2, -0.15) is 0 Å². The third-order valence-corrected chi connectivity index (χ3v) is 4.67. The zero-order chi connectivity index (χ0) is 14.1. The van der Waals surface area contributed by atoms with Gasteiger partial charge in [0.1, 0.15) is 0 Å². The van der Waals surface area contributed by atoms with E-state index < -0.39 is 0 Å². The zero-order valence-electron chi connectivity index (χ0n) is 11.5. The summed E-state index contributed by atoms with van der Waals surface area (Å²) >= 11 is 6.01. The van der Waals surface area contributed by atoms with Crippen molar-refractivity contribution in [2.24, 2.45) is 0 Å². The molecular weight excluding hydrogens is 274 g/mol. The van der Waals surface area contributed by atoms with Gasteiger partial charge in [-0.05, 0) is 44.0 Å². The van der Waals surface area contributed by atoms with Crippen LogP contribution in [0.15, 0.2) is 18.2 Å². The molecule has 2 N–H and O–H groups in total. The first-order valence-corrected chi connectivity index (χ1v) is 7.61. The Morgan fingerprint density at radius 1 is 1.25 bits per heavy atom. The lowest BCUT2D eigenvalue weighted by molar-refractivity contribution is 0.0743. The Morgan fingerprint density at radius 2 is 2.05 bits per heavy atom. The molecule has 5 heteroatoms. The Balaban J connectivity index is 1.77. The van der Waals surface area contributed by atoms with Gasteiger partial charge in [-0.25, -0.2) is 0 Å². The van der Waals surface area contributed by atoms with Crippen LogP contribution in [0.3, 0.4) is 0 Å². The molecule has 2 aliphatic rings. The Hall–Kier alpha value is -1.26. The standard InChI is InChI=1S/C15H20ClN3O/c16-13-9-11(4-5-14(13)17)15(20)19-8-2-7-18-6-1-3-12(18)10-19/h4-5,9,12H,1-3,6-8,10,17H2. The van der Waals surface area contributed by atoms with Gasteiger partial charge < -0.3 is 10.6 Å². The summed E-state index contributed by atoms with van der Waals surface area (Å²) in [5.74, 6) is 0.0700. The number of anilines is 1. The number of benzene rings is 1. The summed E-state index contributed by atoms with van der Waals surface area (Å²) in [5.41, 5.74) is 6.85. The largest absolute Gasteiger partial charge is 0.398 e. The van der Waals surface area contributed by atoms with E-state index in [-0.39, 0.29) is 5.91 Å². The number of carbonyl (C=O) groups excluding carboxylic acids is 1. The van der Waals surface area contributed by atoms with E-state index in [0.29, 0.717) is 22.3 Å². The molecule has 0 radical (unpaired) electrons. The highest BCUT2D eigenvalue weighted by molar-refractivity contribution is 6.33. The first kappa shape index (κ1) is 13.7. The molecule has 1 unspecified atom stereocenters.